The van der Waals surface area contributed by atoms with E-state index in [-0.39, 0.29) is 6.42 Å². The molecule has 4 nitrogen and oxygen atoms in total. The van der Waals surface area contributed by atoms with Gasteiger partial charge in [-0.05, 0) is 24.6 Å². The number of methoxy groups -OCH3 is 1. The molecule has 1 aromatic rings. The SMILES string of the molecule is CCO[C@@H](Cc1ccc(OC)c(Cl)c1)C(=O)O. The minimum absolute atomic E-state index is 0.285. The molecule has 1 atom stereocenters. The molecule has 17 heavy (non-hydrogen) atoms. The fourth-order valence-electron chi connectivity index (χ4n) is 1.47. The molecule has 0 aliphatic heterocycles. The van der Waals surface area contributed by atoms with Crippen LogP contribution in [-0.2, 0) is 16.0 Å². The van der Waals surface area contributed by atoms with Crippen LogP contribution in [0.25, 0.3) is 0 Å². The molecule has 94 valence electrons. The Morgan fingerprint density at radius 1 is 1.53 bits per heavy atom. The minimum atomic E-state index is -0.973. The van der Waals surface area contributed by atoms with Crippen LogP contribution >= 0.6 is 11.6 Å². The lowest BCUT2D eigenvalue weighted by atomic mass is 10.1. The maximum absolute atomic E-state index is 10.9. The van der Waals surface area contributed by atoms with Gasteiger partial charge in [-0.2, -0.15) is 0 Å². The van der Waals surface area contributed by atoms with E-state index >= 15 is 0 Å². The number of carboxylic acid groups (broad SMARTS) is 1. The second-order valence-corrected chi connectivity index (χ2v) is 3.86. The Hall–Kier alpha value is -1.26. The summed E-state index contributed by atoms with van der Waals surface area (Å²) in [4.78, 5) is 10.9. The van der Waals surface area contributed by atoms with Gasteiger partial charge in [0.15, 0.2) is 6.10 Å². The van der Waals surface area contributed by atoms with Crippen LogP contribution in [0, 0.1) is 0 Å². The number of ether oxygens (including phenoxy) is 2. The molecule has 0 radical (unpaired) electrons. The third kappa shape index (κ3) is 3.91. The van der Waals surface area contributed by atoms with Gasteiger partial charge >= 0.3 is 5.97 Å². The number of carboxylic acids is 1. The number of benzene rings is 1. The van der Waals surface area contributed by atoms with Gasteiger partial charge in [0.2, 0.25) is 0 Å². The maximum atomic E-state index is 10.9. The fourth-order valence-corrected chi connectivity index (χ4v) is 1.75. The summed E-state index contributed by atoms with van der Waals surface area (Å²) in [7, 11) is 1.53. The Morgan fingerprint density at radius 2 is 2.24 bits per heavy atom. The number of hydrogen-bond acceptors (Lipinski definition) is 3. The highest BCUT2D eigenvalue weighted by Gasteiger charge is 2.18. The van der Waals surface area contributed by atoms with Crippen molar-refractivity contribution in [3.05, 3.63) is 28.8 Å². The van der Waals surface area contributed by atoms with E-state index in [2.05, 4.69) is 0 Å². The van der Waals surface area contributed by atoms with E-state index in [1.54, 1.807) is 25.1 Å². The molecule has 1 aromatic carbocycles. The zero-order valence-corrected chi connectivity index (χ0v) is 10.5. The standard InChI is InChI=1S/C12H15ClO4/c1-3-17-11(12(14)15)7-8-4-5-10(16-2)9(13)6-8/h4-6,11H,3,7H2,1-2H3,(H,14,15)/t11-/m0/s1. The predicted molar refractivity (Wildman–Crippen MR) is 64.8 cm³/mol. The molecule has 1 N–H and O–H groups in total. The number of rotatable bonds is 6. The lowest BCUT2D eigenvalue weighted by molar-refractivity contribution is -0.149. The summed E-state index contributed by atoms with van der Waals surface area (Å²) in [5, 5.41) is 9.42. The minimum Gasteiger partial charge on any atom is -0.495 e. The largest absolute Gasteiger partial charge is 0.495 e. The van der Waals surface area contributed by atoms with E-state index < -0.39 is 12.1 Å². The third-order valence-electron chi connectivity index (χ3n) is 2.28. The first-order valence-corrected chi connectivity index (χ1v) is 5.63. The van der Waals surface area contributed by atoms with Crippen LogP contribution in [0.4, 0.5) is 0 Å². The van der Waals surface area contributed by atoms with Gasteiger partial charge in [0.1, 0.15) is 5.75 Å². The number of hydrogen-bond donors (Lipinski definition) is 1. The van der Waals surface area contributed by atoms with E-state index in [9.17, 15) is 4.79 Å². The van der Waals surface area contributed by atoms with Crippen LogP contribution < -0.4 is 4.74 Å². The topological polar surface area (TPSA) is 55.8 Å². The Morgan fingerprint density at radius 3 is 2.71 bits per heavy atom. The van der Waals surface area contributed by atoms with E-state index in [1.165, 1.54) is 7.11 Å². The first-order chi connectivity index (χ1) is 8.08. The molecule has 0 heterocycles. The van der Waals surface area contributed by atoms with Gasteiger partial charge in [-0.1, -0.05) is 17.7 Å². The lowest BCUT2D eigenvalue weighted by Gasteiger charge is -2.13. The monoisotopic (exact) mass is 258 g/mol. The van der Waals surface area contributed by atoms with Gasteiger partial charge in [0.25, 0.3) is 0 Å². The van der Waals surface area contributed by atoms with Gasteiger partial charge in [0, 0.05) is 13.0 Å². The number of aliphatic carboxylic acids is 1. The van der Waals surface area contributed by atoms with Crippen molar-refractivity contribution in [1.82, 2.24) is 0 Å². The van der Waals surface area contributed by atoms with Crippen molar-refractivity contribution in [2.24, 2.45) is 0 Å². The molecule has 0 saturated carbocycles. The maximum Gasteiger partial charge on any atom is 0.333 e. The number of halogens is 1. The Kier molecular flexibility index (Phi) is 5.25. The average molecular weight is 259 g/mol. The van der Waals surface area contributed by atoms with Crippen LogP contribution in [0.3, 0.4) is 0 Å². The van der Waals surface area contributed by atoms with Gasteiger partial charge in [-0.25, -0.2) is 4.79 Å². The van der Waals surface area contributed by atoms with Crippen LogP contribution in [-0.4, -0.2) is 30.9 Å². The molecule has 0 saturated heterocycles. The highest BCUT2D eigenvalue weighted by Crippen LogP contribution is 2.25. The van der Waals surface area contributed by atoms with Crippen LogP contribution in [0.15, 0.2) is 18.2 Å². The molecule has 0 aliphatic carbocycles. The van der Waals surface area contributed by atoms with Gasteiger partial charge in [0.05, 0.1) is 12.1 Å². The summed E-state index contributed by atoms with van der Waals surface area (Å²) < 4.78 is 10.2. The molecule has 0 aliphatic rings. The van der Waals surface area contributed by atoms with E-state index in [1.807, 2.05) is 0 Å². The molecule has 0 unspecified atom stereocenters. The van der Waals surface area contributed by atoms with Crippen molar-refractivity contribution in [2.75, 3.05) is 13.7 Å². The molecular formula is C12H15ClO4. The van der Waals surface area contributed by atoms with E-state index in [4.69, 9.17) is 26.2 Å². The summed E-state index contributed by atoms with van der Waals surface area (Å²) in [6.45, 7) is 2.12. The zero-order chi connectivity index (χ0) is 12.8. The van der Waals surface area contributed by atoms with Crippen molar-refractivity contribution in [3.8, 4) is 5.75 Å². The molecule has 5 heteroatoms. The first kappa shape index (κ1) is 13.8. The predicted octanol–water partition coefficient (Wildman–Crippen LogP) is 2.38. The molecule has 1 rings (SSSR count). The highest BCUT2D eigenvalue weighted by molar-refractivity contribution is 6.32. The van der Waals surface area contributed by atoms with Crippen molar-refractivity contribution < 1.29 is 19.4 Å². The Balaban J connectivity index is 2.79. The molecule has 0 fully saturated rings. The first-order valence-electron chi connectivity index (χ1n) is 5.25. The molecule has 0 spiro atoms. The fraction of sp³-hybridized carbons (Fsp3) is 0.417. The van der Waals surface area contributed by atoms with Gasteiger partial charge < -0.3 is 14.6 Å². The second kappa shape index (κ2) is 6.47. The normalized spacial score (nSPS) is 12.2. The molecule has 0 bridgehead atoms. The molecule has 0 amide bonds. The lowest BCUT2D eigenvalue weighted by Crippen LogP contribution is -2.26. The summed E-state index contributed by atoms with van der Waals surface area (Å²) >= 11 is 5.96. The second-order valence-electron chi connectivity index (χ2n) is 3.46. The van der Waals surface area contributed by atoms with Crippen molar-refractivity contribution in [1.29, 1.82) is 0 Å². The van der Waals surface area contributed by atoms with Crippen LogP contribution in [0.2, 0.25) is 5.02 Å². The Labute approximate surface area is 105 Å². The molecule has 0 aromatic heterocycles. The smallest absolute Gasteiger partial charge is 0.333 e. The summed E-state index contributed by atoms with van der Waals surface area (Å²) in [5.41, 5.74) is 0.802. The van der Waals surface area contributed by atoms with Gasteiger partial charge in [-0.15, -0.1) is 0 Å². The zero-order valence-electron chi connectivity index (χ0n) is 9.77. The quantitative estimate of drug-likeness (QED) is 0.851. The van der Waals surface area contributed by atoms with Crippen molar-refractivity contribution >= 4 is 17.6 Å². The van der Waals surface area contributed by atoms with Gasteiger partial charge in [-0.3, -0.25) is 0 Å². The van der Waals surface area contributed by atoms with Crippen molar-refractivity contribution in [2.45, 2.75) is 19.4 Å². The third-order valence-corrected chi connectivity index (χ3v) is 2.58. The summed E-state index contributed by atoms with van der Waals surface area (Å²) in [5.74, 6) is -0.405. The van der Waals surface area contributed by atoms with E-state index in [0.717, 1.165) is 5.56 Å². The highest BCUT2D eigenvalue weighted by atomic mass is 35.5. The summed E-state index contributed by atoms with van der Waals surface area (Å²) in [6.07, 6.45) is -0.558. The van der Waals surface area contributed by atoms with Crippen LogP contribution in [0.5, 0.6) is 5.75 Å². The molecular weight excluding hydrogens is 244 g/mol. The average Bonchev–Trinajstić information content (AvgIpc) is 2.28. The number of carbonyl (C=O) groups is 1. The Bertz CT molecular complexity index is 392. The van der Waals surface area contributed by atoms with Crippen molar-refractivity contribution in [3.63, 3.8) is 0 Å². The van der Waals surface area contributed by atoms with Crippen LogP contribution in [0.1, 0.15) is 12.5 Å². The van der Waals surface area contributed by atoms with E-state index in [0.29, 0.717) is 17.4 Å². The summed E-state index contributed by atoms with van der Waals surface area (Å²) in [6, 6.07) is 5.18.